The van der Waals surface area contributed by atoms with Crippen molar-refractivity contribution in [3.63, 3.8) is 0 Å². The Balaban J connectivity index is 2.48. The van der Waals surface area contributed by atoms with Crippen molar-refractivity contribution in [1.29, 1.82) is 0 Å². The van der Waals surface area contributed by atoms with E-state index in [0.29, 0.717) is 16.9 Å². The van der Waals surface area contributed by atoms with Crippen LogP contribution in [-0.4, -0.2) is 19.7 Å². The highest BCUT2D eigenvalue weighted by Crippen LogP contribution is 2.20. The molecule has 0 fully saturated rings. The van der Waals surface area contributed by atoms with E-state index >= 15 is 0 Å². The van der Waals surface area contributed by atoms with Gasteiger partial charge >= 0.3 is 0 Å². The Morgan fingerprint density at radius 2 is 2.00 bits per heavy atom. The molecule has 16 heavy (non-hydrogen) atoms. The van der Waals surface area contributed by atoms with Gasteiger partial charge in [-0.15, -0.1) is 0 Å². The lowest BCUT2D eigenvalue weighted by Crippen LogP contribution is -2.02. The maximum atomic E-state index is 6.12. The first-order chi connectivity index (χ1) is 7.58. The van der Waals surface area contributed by atoms with Crippen molar-refractivity contribution in [2.45, 2.75) is 26.7 Å². The van der Waals surface area contributed by atoms with Crippen molar-refractivity contribution in [1.82, 2.24) is 19.7 Å². The summed E-state index contributed by atoms with van der Waals surface area (Å²) >= 11 is 6.12. The lowest BCUT2D eigenvalue weighted by Gasteiger charge is -2.02. The highest BCUT2D eigenvalue weighted by Gasteiger charge is 2.11. The van der Waals surface area contributed by atoms with Crippen molar-refractivity contribution < 1.29 is 0 Å². The SMILES string of the molecule is Cc1cc(-n2nc(C(C)C)cc2Cl)ncn1. The minimum absolute atomic E-state index is 0.349. The molecule has 2 heterocycles. The van der Waals surface area contributed by atoms with Gasteiger partial charge in [-0.05, 0) is 18.9 Å². The van der Waals surface area contributed by atoms with Gasteiger partial charge in [-0.1, -0.05) is 25.4 Å². The van der Waals surface area contributed by atoms with Crippen molar-refractivity contribution in [3.8, 4) is 5.82 Å². The van der Waals surface area contributed by atoms with Gasteiger partial charge in [-0.3, -0.25) is 0 Å². The molecule has 2 aromatic heterocycles. The lowest BCUT2D eigenvalue weighted by atomic mass is 10.1. The Morgan fingerprint density at radius 1 is 1.25 bits per heavy atom. The summed E-state index contributed by atoms with van der Waals surface area (Å²) in [5, 5.41) is 4.99. The van der Waals surface area contributed by atoms with Crippen LogP contribution in [0.3, 0.4) is 0 Å². The Labute approximate surface area is 99.3 Å². The molecule has 84 valence electrons. The van der Waals surface area contributed by atoms with E-state index in [1.807, 2.05) is 19.1 Å². The van der Waals surface area contributed by atoms with Crippen molar-refractivity contribution in [3.05, 3.63) is 35.0 Å². The summed E-state index contributed by atoms with van der Waals surface area (Å²) in [5.41, 5.74) is 1.85. The third-order valence-corrected chi connectivity index (χ3v) is 2.55. The van der Waals surface area contributed by atoms with E-state index < -0.39 is 0 Å². The van der Waals surface area contributed by atoms with Crippen LogP contribution < -0.4 is 0 Å². The van der Waals surface area contributed by atoms with Crippen molar-refractivity contribution in [2.24, 2.45) is 0 Å². The Hall–Kier alpha value is -1.42. The summed E-state index contributed by atoms with van der Waals surface area (Å²) in [7, 11) is 0. The van der Waals surface area contributed by atoms with Gasteiger partial charge in [0.1, 0.15) is 11.5 Å². The normalized spacial score (nSPS) is 11.1. The number of rotatable bonds is 2. The zero-order valence-corrected chi connectivity index (χ0v) is 10.2. The van der Waals surface area contributed by atoms with Gasteiger partial charge in [0, 0.05) is 11.8 Å². The monoisotopic (exact) mass is 236 g/mol. The molecule has 0 saturated heterocycles. The number of aryl methyl sites for hydroxylation is 1. The number of hydrogen-bond acceptors (Lipinski definition) is 3. The van der Waals surface area contributed by atoms with Gasteiger partial charge in [0.2, 0.25) is 0 Å². The molecule has 0 radical (unpaired) electrons. The molecule has 0 bridgehead atoms. The smallest absolute Gasteiger partial charge is 0.158 e. The molecule has 0 spiro atoms. The second-order valence-electron chi connectivity index (χ2n) is 3.98. The average Bonchev–Trinajstić information content (AvgIpc) is 2.60. The third-order valence-electron chi connectivity index (χ3n) is 2.28. The number of nitrogens with zero attached hydrogens (tertiary/aromatic N) is 4. The van der Waals surface area contributed by atoms with E-state index in [1.165, 1.54) is 6.33 Å². The fraction of sp³-hybridized carbons (Fsp3) is 0.364. The predicted molar refractivity (Wildman–Crippen MR) is 63.0 cm³/mol. The Bertz CT molecular complexity index is 504. The topological polar surface area (TPSA) is 43.6 Å². The second-order valence-corrected chi connectivity index (χ2v) is 4.36. The van der Waals surface area contributed by atoms with E-state index in [0.717, 1.165) is 11.4 Å². The highest BCUT2D eigenvalue weighted by molar-refractivity contribution is 6.29. The van der Waals surface area contributed by atoms with E-state index in [-0.39, 0.29) is 0 Å². The molecular weight excluding hydrogens is 224 g/mol. The van der Waals surface area contributed by atoms with Crippen LogP contribution in [0.5, 0.6) is 0 Å². The molecule has 0 amide bonds. The van der Waals surface area contributed by atoms with Crippen LogP contribution in [0, 0.1) is 6.92 Å². The first-order valence-electron chi connectivity index (χ1n) is 5.12. The van der Waals surface area contributed by atoms with Gasteiger partial charge in [-0.2, -0.15) is 5.10 Å². The molecule has 0 aliphatic rings. The molecule has 0 aromatic carbocycles. The molecule has 2 rings (SSSR count). The molecule has 0 aliphatic heterocycles. The average molecular weight is 237 g/mol. The second kappa shape index (κ2) is 4.22. The quantitative estimate of drug-likeness (QED) is 0.805. The van der Waals surface area contributed by atoms with E-state index in [1.54, 1.807) is 4.68 Å². The van der Waals surface area contributed by atoms with E-state index in [9.17, 15) is 0 Å². The molecule has 2 aromatic rings. The maximum Gasteiger partial charge on any atom is 0.158 e. The molecule has 0 saturated carbocycles. The van der Waals surface area contributed by atoms with Crippen molar-refractivity contribution in [2.75, 3.05) is 0 Å². The number of halogens is 1. The van der Waals surface area contributed by atoms with Crippen LogP contribution >= 0.6 is 11.6 Å². The minimum Gasteiger partial charge on any atom is -0.242 e. The molecule has 0 unspecified atom stereocenters. The third kappa shape index (κ3) is 2.07. The van der Waals surface area contributed by atoms with Crippen LogP contribution in [0.4, 0.5) is 0 Å². The summed E-state index contributed by atoms with van der Waals surface area (Å²) in [6.07, 6.45) is 1.51. The van der Waals surface area contributed by atoms with E-state index in [4.69, 9.17) is 11.6 Å². The van der Waals surface area contributed by atoms with Gasteiger partial charge < -0.3 is 0 Å². The Kier molecular flexibility index (Phi) is 2.92. The summed E-state index contributed by atoms with van der Waals surface area (Å²) in [6, 6.07) is 3.71. The van der Waals surface area contributed by atoms with Gasteiger partial charge in [0.25, 0.3) is 0 Å². The predicted octanol–water partition coefficient (Wildman–Crippen LogP) is 2.75. The lowest BCUT2D eigenvalue weighted by molar-refractivity contribution is 0.755. The summed E-state index contributed by atoms with van der Waals surface area (Å²) in [6.45, 7) is 6.06. The summed E-state index contributed by atoms with van der Waals surface area (Å²) < 4.78 is 1.63. The fourth-order valence-corrected chi connectivity index (χ4v) is 1.61. The molecule has 0 aliphatic carbocycles. The Morgan fingerprint density at radius 3 is 2.56 bits per heavy atom. The van der Waals surface area contributed by atoms with Gasteiger partial charge in [-0.25, -0.2) is 14.6 Å². The first-order valence-corrected chi connectivity index (χ1v) is 5.50. The van der Waals surface area contributed by atoms with Crippen LogP contribution in [0.1, 0.15) is 31.2 Å². The zero-order valence-electron chi connectivity index (χ0n) is 9.48. The summed E-state index contributed by atoms with van der Waals surface area (Å²) in [4.78, 5) is 8.19. The standard InChI is InChI=1S/C11H13ClN4/c1-7(2)9-5-10(12)16(15-9)11-4-8(3)13-6-14-11/h4-7H,1-3H3. The van der Waals surface area contributed by atoms with Crippen LogP contribution in [0.25, 0.3) is 5.82 Å². The molecule has 0 atom stereocenters. The van der Waals surface area contributed by atoms with Crippen LogP contribution in [0.2, 0.25) is 5.15 Å². The molecule has 4 nitrogen and oxygen atoms in total. The molecule has 5 heteroatoms. The zero-order chi connectivity index (χ0) is 11.7. The maximum absolute atomic E-state index is 6.12. The fourth-order valence-electron chi connectivity index (χ4n) is 1.37. The van der Waals surface area contributed by atoms with Crippen molar-refractivity contribution >= 4 is 11.6 Å². The first kappa shape index (κ1) is 11.1. The molecular formula is C11H13ClN4. The van der Waals surface area contributed by atoms with Gasteiger partial charge in [0.05, 0.1) is 5.69 Å². The molecule has 0 N–H and O–H groups in total. The minimum atomic E-state index is 0.349. The largest absolute Gasteiger partial charge is 0.242 e. The van der Waals surface area contributed by atoms with Gasteiger partial charge in [0.15, 0.2) is 5.82 Å². The van der Waals surface area contributed by atoms with E-state index in [2.05, 4.69) is 28.9 Å². The van der Waals surface area contributed by atoms with Crippen LogP contribution in [0.15, 0.2) is 18.5 Å². The van der Waals surface area contributed by atoms with Crippen LogP contribution in [-0.2, 0) is 0 Å². The number of hydrogen-bond donors (Lipinski definition) is 0. The summed E-state index contributed by atoms with van der Waals surface area (Å²) in [5.74, 6) is 1.05. The number of aromatic nitrogens is 4. The highest BCUT2D eigenvalue weighted by atomic mass is 35.5.